The number of nitrogens with one attached hydrogen (secondary N) is 1. The van der Waals surface area contributed by atoms with Crippen LogP contribution in [0.1, 0.15) is 6.42 Å². The lowest BCUT2D eigenvalue weighted by atomic mass is 10.2. The van der Waals surface area contributed by atoms with Crippen molar-refractivity contribution in [3.8, 4) is 0 Å². The fraction of sp³-hybridized carbons (Fsp3) is 0.211. The molecule has 0 radical (unpaired) electrons. The van der Waals surface area contributed by atoms with Gasteiger partial charge in [-0.1, -0.05) is 59.2 Å². The van der Waals surface area contributed by atoms with Gasteiger partial charge < -0.3 is 10.4 Å². The van der Waals surface area contributed by atoms with Crippen LogP contribution in [0.2, 0.25) is 10.0 Å². The molecule has 6 nitrogen and oxygen atoms in total. The lowest BCUT2D eigenvalue weighted by Crippen LogP contribution is -2.35. The number of aliphatic imine (C=N–C) groups is 1. The molecule has 2 amide bonds. The SMILES string of the molecule is O=C(CC1SC(=Nc2ccccc2)N(CCO)C1=O)Nc1cccc(Cl)c1Cl. The summed E-state index contributed by atoms with van der Waals surface area (Å²) in [6.45, 7) is -0.0765. The van der Waals surface area contributed by atoms with Crippen LogP contribution in [0, 0.1) is 0 Å². The van der Waals surface area contributed by atoms with E-state index in [1.165, 1.54) is 16.7 Å². The number of thioether (sulfide) groups is 1. The van der Waals surface area contributed by atoms with Gasteiger partial charge in [-0.15, -0.1) is 0 Å². The normalized spacial score (nSPS) is 18.0. The number of hydrogen-bond donors (Lipinski definition) is 2. The van der Waals surface area contributed by atoms with Crippen LogP contribution in [-0.2, 0) is 9.59 Å². The zero-order chi connectivity index (χ0) is 20.1. The highest BCUT2D eigenvalue weighted by molar-refractivity contribution is 8.15. The molecule has 1 fully saturated rings. The van der Waals surface area contributed by atoms with Gasteiger partial charge in [0.2, 0.25) is 11.8 Å². The maximum atomic E-state index is 12.7. The van der Waals surface area contributed by atoms with Crippen LogP contribution in [0.25, 0.3) is 0 Å². The van der Waals surface area contributed by atoms with Crippen molar-refractivity contribution in [1.29, 1.82) is 0 Å². The molecular formula is C19H17Cl2N3O3S. The van der Waals surface area contributed by atoms with Gasteiger partial charge in [0.25, 0.3) is 0 Å². The molecule has 146 valence electrons. The van der Waals surface area contributed by atoms with E-state index in [1.807, 2.05) is 30.3 Å². The second-order valence-corrected chi connectivity index (χ2v) is 7.86. The molecule has 0 aliphatic carbocycles. The molecule has 3 rings (SSSR count). The van der Waals surface area contributed by atoms with Gasteiger partial charge in [0.1, 0.15) is 5.25 Å². The van der Waals surface area contributed by atoms with Crippen molar-refractivity contribution in [2.45, 2.75) is 11.7 Å². The molecule has 2 N–H and O–H groups in total. The van der Waals surface area contributed by atoms with E-state index in [0.29, 0.717) is 21.6 Å². The average Bonchev–Trinajstić information content (AvgIpc) is 2.95. The maximum absolute atomic E-state index is 12.7. The minimum absolute atomic E-state index is 0.0535. The number of amides is 2. The van der Waals surface area contributed by atoms with Crippen LogP contribution in [-0.4, -0.2) is 45.4 Å². The largest absolute Gasteiger partial charge is 0.395 e. The lowest BCUT2D eigenvalue weighted by molar-refractivity contribution is -0.128. The highest BCUT2D eigenvalue weighted by Gasteiger charge is 2.38. The molecular weight excluding hydrogens is 421 g/mol. The summed E-state index contributed by atoms with van der Waals surface area (Å²) in [5.41, 5.74) is 1.08. The molecule has 1 saturated heterocycles. The molecule has 1 aliphatic rings. The monoisotopic (exact) mass is 437 g/mol. The summed E-state index contributed by atoms with van der Waals surface area (Å²) in [5.74, 6) is -0.624. The minimum atomic E-state index is -0.632. The second-order valence-electron chi connectivity index (χ2n) is 5.90. The van der Waals surface area contributed by atoms with Crippen molar-refractivity contribution in [2.75, 3.05) is 18.5 Å². The van der Waals surface area contributed by atoms with Crippen LogP contribution >= 0.6 is 35.0 Å². The number of hydrogen-bond acceptors (Lipinski definition) is 5. The number of β-amino-alcohol motifs (C(OH)–C–C–N with tert-alkyl or cyclic N) is 1. The quantitative estimate of drug-likeness (QED) is 0.716. The molecule has 1 atom stereocenters. The lowest BCUT2D eigenvalue weighted by Gasteiger charge is -2.14. The Labute approximate surface area is 176 Å². The molecule has 28 heavy (non-hydrogen) atoms. The van der Waals surface area contributed by atoms with E-state index in [4.69, 9.17) is 23.2 Å². The van der Waals surface area contributed by atoms with E-state index in [-0.39, 0.29) is 36.4 Å². The average molecular weight is 438 g/mol. The van der Waals surface area contributed by atoms with Gasteiger partial charge in [0, 0.05) is 6.42 Å². The minimum Gasteiger partial charge on any atom is -0.395 e. The molecule has 0 aromatic heterocycles. The summed E-state index contributed by atoms with van der Waals surface area (Å²) < 4.78 is 0. The maximum Gasteiger partial charge on any atom is 0.242 e. The van der Waals surface area contributed by atoms with Crippen LogP contribution in [0.3, 0.4) is 0 Å². The van der Waals surface area contributed by atoms with Gasteiger partial charge >= 0.3 is 0 Å². The molecule has 9 heteroatoms. The summed E-state index contributed by atoms with van der Waals surface area (Å²) >= 11 is 13.2. The highest BCUT2D eigenvalue weighted by Crippen LogP contribution is 2.33. The fourth-order valence-corrected chi connectivity index (χ4v) is 4.15. The molecule has 0 saturated carbocycles. The van der Waals surface area contributed by atoms with Gasteiger partial charge in [-0.25, -0.2) is 4.99 Å². The van der Waals surface area contributed by atoms with Crippen molar-refractivity contribution >= 4 is 63.3 Å². The Kier molecular flexibility index (Phi) is 6.96. The van der Waals surface area contributed by atoms with Gasteiger partial charge in [0.15, 0.2) is 5.17 Å². The van der Waals surface area contributed by atoms with Crippen molar-refractivity contribution in [1.82, 2.24) is 4.90 Å². The summed E-state index contributed by atoms with van der Waals surface area (Å²) in [5, 5.41) is 12.4. The summed E-state index contributed by atoms with van der Waals surface area (Å²) in [6, 6.07) is 14.1. The van der Waals surface area contributed by atoms with Crippen molar-refractivity contribution < 1.29 is 14.7 Å². The van der Waals surface area contributed by atoms with E-state index >= 15 is 0 Å². The van der Waals surface area contributed by atoms with Crippen LogP contribution in [0.4, 0.5) is 11.4 Å². The Morgan fingerprint density at radius 2 is 1.93 bits per heavy atom. The summed E-state index contributed by atoms with van der Waals surface area (Å²) in [6.07, 6.45) is -0.0535. The molecule has 2 aromatic rings. The van der Waals surface area contributed by atoms with Crippen molar-refractivity contribution in [3.05, 3.63) is 58.6 Å². The number of carbonyl (C=O) groups is 2. The highest BCUT2D eigenvalue weighted by atomic mass is 35.5. The third-order valence-corrected chi connectivity index (χ3v) is 5.92. The van der Waals surface area contributed by atoms with Gasteiger partial charge in [-0.2, -0.15) is 0 Å². The Morgan fingerprint density at radius 3 is 2.64 bits per heavy atom. The fourth-order valence-electron chi connectivity index (χ4n) is 2.61. The van der Waals surface area contributed by atoms with Crippen LogP contribution in [0.15, 0.2) is 53.5 Å². The summed E-state index contributed by atoms with van der Waals surface area (Å²) in [7, 11) is 0. The molecule has 1 aliphatic heterocycles. The number of aliphatic hydroxyl groups excluding tert-OH is 1. The van der Waals surface area contributed by atoms with E-state index in [9.17, 15) is 14.7 Å². The number of para-hydroxylation sites is 1. The zero-order valence-corrected chi connectivity index (χ0v) is 17.0. The van der Waals surface area contributed by atoms with Gasteiger partial charge in [0.05, 0.1) is 34.6 Å². The number of nitrogens with zero attached hydrogens (tertiary/aromatic N) is 2. The first-order valence-electron chi connectivity index (χ1n) is 8.46. The first-order chi connectivity index (χ1) is 13.5. The number of halogens is 2. The smallest absolute Gasteiger partial charge is 0.242 e. The van der Waals surface area contributed by atoms with E-state index in [0.717, 1.165) is 0 Å². The first kappa shape index (κ1) is 20.7. The first-order valence-corrected chi connectivity index (χ1v) is 10.1. The number of benzene rings is 2. The number of carbonyl (C=O) groups excluding carboxylic acids is 2. The predicted octanol–water partition coefficient (Wildman–Crippen LogP) is 3.95. The van der Waals surface area contributed by atoms with Crippen LogP contribution in [0.5, 0.6) is 0 Å². The molecule has 1 heterocycles. The van der Waals surface area contributed by atoms with Crippen molar-refractivity contribution in [3.63, 3.8) is 0 Å². The Balaban J connectivity index is 1.73. The van der Waals surface area contributed by atoms with E-state index in [1.54, 1.807) is 18.2 Å². The Morgan fingerprint density at radius 1 is 1.18 bits per heavy atom. The number of amidine groups is 1. The van der Waals surface area contributed by atoms with E-state index in [2.05, 4.69) is 10.3 Å². The number of anilines is 1. The zero-order valence-electron chi connectivity index (χ0n) is 14.6. The second kappa shape index (κ2) is 9.43. The van der Waals surface area contributed by atoms with Gasteiger partial charge in [-0.3, -0.25) is 14.5 Å². The number of rotatable bonds is 6. The third kappa shape index (κ3) is 4.86. The van der Waals surface area contributed by atoms with Gasteiger partial charge in [-0.05, 0) is 24.3 Å². The van der Waals surface area contributed by atoms with Crippen molar-refractivity contribution in [2.24, 2.45) is 4.99 Å². The summed E-state index contributed by atoms with van der Waals surface area (Å²) in [4.78, 5) is 31.0. The third-order valence-electron chi connectivity index (χ3n) is 3.92. The predicted molar refractivity (Wildman–Crippen MR) is 113 cm³/mol. The molecule has 0 spiro atoms. The number of aliphatic hydroxyl groups is 1. The molecule has 1 unspecified atom stereocenters. The Bertz CT molecular complexity index is 909. The molecule has 0 bridgehead atoms. The standard InChI is InChI=1S/C19H17Cl2N3O3S/c20-13-7-4-8-14(17(13)21)23-16(26)11-15-18(27)24(9-10-25)19(28-15)22-12-5-2-1-3-6-12/h1-8,15,25H,9-11H2,(H,23,26). The topological polar surface area (TPSA) is 82.0 Å². The molecule has 2 aromatic carbocycles. The Hall–Kier alpha value is -2.06. The van der Waals surface area contributed by atoms with E-state index < -0.39 is 5.25 Å². The van der Waals surface area contributed by atoms with Crippen LogP contribution < -0.4 is 5.32 Å².